The quantitative estimate of drug-likeness (QED) is 0.713. The maximum Gasteiger partial charge on any atom is 0.318 e. The van der Waals surface area contributed by atoms with Crippen molar-refractivity contribution in [3.8, 4) is 6.01 Å². The number of aryl methyl sites for hydroxylation is 1. The maximum absolute atomic E-state index is 5.77. The van der Waals surface area contributed by atoms with Crippen molar-refractivity contribution in [3.63, 3.8) is 0 Å². The summed E-state index contributed by atoms with van der Waals surface area (Å²) in [4.78, 5) is 13.9. The zero-order valence-electron chi connectivity index (χ0n) is 17.6. The van der Waals surface area contributed by atoms with Gasteiger partial charge in [0.1, 0.15) is 5.82 Å². The van der Waals surface area contributed by atoms with Crippen LogP contribution < -0.4 is 15.0 Å². The fraction of sp³-hybridized carbons (Fsp3) is 0.500. The molecule has 6 heteroatoms. The number of rotatable bonds is 7. The van der Waals surface area contributed by atoms with E-state index in [0.29, 0.717) is 12.6 Å². The molecule has 0 atom stereocenters. The fourth-order valence-electron chi connectivity index (χ4n) is 4.76. The van der Waals surface area contributed by atoms with Crippen LogP contribution in [0.5, 0.6) is 6.01 Å². The van der Waals surface area contributed by atoms with Crippen LogP contribution in [0, 0.1) is 0 Å². The molecule has 0 amide bonds. The number of benzene rings is 1. The van der Waals surface area contributed by atoms with E-state index in [1.54, 1.807) is 11.1 Å². The Morgan fingerprint density at radius 2 is 2.00 bits per heavy atom. The van der Waals surface area contributed by atoms with E-state index in [2.05, 4.69) is 49.4 Å². The normalized spacial score (nSPS) is 18.1. The molecule has 30 heavy (non-hydrogen) atoms. The van der Waals surface area contributed by atoms with E-state index in [4.69, 9.17) is 4.74 Å². The highest BCUT2D eigenvalue weighted by Crippen LogP contribution is 2.31. The lowest BCUT2D eigenvalue weighted by Gasteiger charge is -2.37. The van der Waals surface area contributed by atoms with Crippen molar-refractivity contribution < 1.29 is 4.74 Å². The summed E-state index contributed by atoms with van der Waals surface area (Å²) in [7, 11) is 0. The van der Waals surface area contributed by atoms with E-state index in [0.717, 1.165) is 63.5 Å². The summed E-state index contributed by atoms with van der Waals surface area (Å²) in [5.74, 6) is 0.865. The minimum Gasteiger partial charge on any atom is -0.463 e. The molecule has 1 N–H and O–H groups in total. The number of fused-ring (bicyclic) bond motifs is 2. The molecule has 0 spiro atoms. The van der Waals surface area contributed by atoms with Gasteiger partial charge in [0.05, 0.1) is 6.61 Å². The molecular weight excluding hydrogens is 374 g/mol. The van der Waals surface area contributed by atoms with Crippen molar-refractivity contribution >= 4 is 17.6 Å². The first-order valence-electron chi connectivity index (χ1n) is 11.4. The Hall–Kier alpha value is -2.60. The monoisotopic (exact) mass is 405 g/mol. The van der Waals surface area contributed by atoms with Gasteiger partial charge in [0.25, 0.3) is 0 Å². The molecule has 1 aromatic carbocycles. The van der Waals surface area contributed by atoms with Crippen LogP contribution in [0.2, 0.25) is 0 Å². The highest BCUT2D eigenvalue weighted by Gasteiger charge is 2.22. The number of ether oxygens (including phenoxy) is 1. The number of hydrogen-bond donors (Lipinski definition) is 1. The van der Waals surface area contributed by atoms with Crippen LogP contribution in [-0.4, -0.2) is 60.7 Å². The molecule has 1 aromatic heterocycles. The van der Waals surface area contributed by atoms with E-state index in [1.807, 2.05) is 12.3 Å². The highest BCUT2D eigenvalue weighted by molar-refractivity contribution is 5.65. The van der Waals surface area contributed by atoms with Gasteiger partial charge >= 0.3 is 6.01 Å². The molecule has 0 bridgehead atoms. The lowest BCUT2D eigenvalue weighted by molar-refractivity contribution is 0.234. The molecule has 5 rings (SSSR count). The van der Waals surface area contributed by atoms with E-state index >= 15 is 0 Å². The van der Waals surface area contributed by atoms with Crippen LogP contribution in [0.15, 0.2) is 30.5 Å². The SMILES string of the molecule is C1=Cc2cnc(OCCCCN3CCN(c4cccc5c4CCC5)CC3)nc2NC1. The average Bonchev–Trinajstić information content (AvgIpc) is 3.28. The summed E-state index contributed by atoms with van der Waals surface area (Å²) < 4.78 is 5.77. The molecule has 1 saturated heterocycles. The Labute approximate surface area is 179 Å². The van der Waals surface area contributed by atoms with Gasteiger partial charge in [-0.3, -0.25) is 4.90 Å². The Morgan fingerprint density at radius 1 is 1.07 bits per heavy atom. The summed E-state index contributed by atoms with van der Waals surface area (Å²) in [5, 5.41) is 3.25. The van der Waals surface area contributed by atoms with Crippen molar-refractivity contribution in [1.29, 1.82) is 0 Å². The van der Waals surface area contributed by atoms with Crippen LogP contribution in [-0.2, 0) is 12.8 Å². The van der Waals surface area contributed by atoms with Crippen LogP contribution in [0.4, 0.5) is 11.5 Å². The Kier molecular flexibility index (Phi) is 5.84. The average molecular weight is 406 g/mol. The Morgan fingerprint density at radius 3 is 2.93 bits per heavy atom. The van der Waals surface area contributed by atoms with Gasteiger partial charge in [0.15, 0.2) is 0 Å². The zero-order valence-corrected chi connectivity index (χ0v) is 17.6. The van der Waals surface area contributed by atoms with Crippen molar-refractivity contribution in [2.75, 3.05) is 56.1 Å². The van der Waals surface area contributed by atoms with Gasteiger partial charge in [0, 0.05) is 50.2 Å². The standard InChI is InChI=1S/C24H31N5O/c1(2-17-30-24-26-18-20-8-5-11-25-23(20)27-24)12-28-13-15-29(16-14-28)22-10-4-7-19-6-3-9-21(19)22/h4-5,7-8,10,18H,1-3,6,9,11-17H2,(H,25,26,27). The summed E-state index contributed by atoms with van der Waals surface area (Å²) in [5.41, 5.74) is 5.70. The van der Waals surface area contributed by atoms with Crippen LogP contribution in [0.3, 0.4) is 0 Å². The molecular formula is C24H31N5O. The first-order valence-corrected chi connectivity index (χ1v) is 11.4. The smallest absolute Gasteiger partial charge is 0.318 e. The third-order valence-electron chi connectivity index (χ3n) is 6.41. The third kappa shape index (κ3) is 4.29. The lowest BCUT2D eigenvalue weighted by Crippen LogP contribution is -2.47. The molecule has 3 aliphatic rings. The van der Waals surface area contributed by atoms with E-state index in [1.165, 1.54) is 24.9 Å². The van der Waals surface area contributed by atoms with Crippen molar-refractivity contribution in [2.45, 2.75) is 32.1 Å². The van der Waals surface area contributed by atoms with Gasteiger partial charge < -0.3 is 15.0 Å². The predicted molar refractivity (Wildman–Crippen MR) is 121 cm³/mol. The topological polar surface area (TPSA) is 53.5 Å². The Bertz CT molecular complexity index is 904. The van der Waals surface area contributed by atoms with Crippen LogP contribution >= 0.6 is 0 Å². The number of nitrogens with zero attached hydrogens (tertiary/aromatic N) is 4. The van der Waals surface area contributed by atoms with E-state index in [9.17, 15) is 0 Å². The van der Waals surface area contributed by atoms with Crippen LogP contribution in [0.1, 0.15) is 36.0 Å². The molecule has 1 aliphatic carbocycles. The van der Waals surface area contributed by atoms with Crippen LogP contribution in [0.25, 0.3) is 6.08 Å². The van der Waals surface area contributed by atoms with Gasteiger partial charge in [-0.25, -0.2) is 4.98 Å². The molecule has 1 fully saturated rings. The van der Waals surface area contributed by atoms with Gasteiger partial charge in [-0.1, -0.05) is 24.3 Å². The molecule has 0 radical (unpaired) electrons. The second-order valence-electron chi connectivity index (χ2n) is 8.39. The summed E-state index contributed by atoms with van der Waals surface area (Å²) in [6.45, 7) is 7.19. The summed E-state index contributed by atoms with van der Waals surface area (Å²) >= 11 is 0. The zero-order chi connectivity index (χ0) is 20.2. The molecule has 2 aromatic rings. The fourth-order valence-corrected chi connectivity index (χ4v) is 4.76. The maximum atomic E-state index is 5.77. The number of aromatic nitrogens is 2. The van der Waals surface area contributed by atoms with Crippen molar-refractivity contribution in [1.82, 2.24) is 14.9 Å². The number of nitrogens with one attached hydrogen (secondary N) is 1. The molecule has 6 nitrogen and oxygen atoms in total. The van der Waals surface area contributed by atoms with Gasteiger partial charge in [-0.2, -0.15) is 4.98 Å². The molecule has 2 aliphatic heterocycles. The Balaban J connectivity index is 1.02. The van der Waals surface area contributed by atoms with Gasteiger partial charge in [0.2, 0.25) is 0 Å². The second kappa shape index (κ2) is 9.04. The molecule has 158 valence electrons. The number of piperazine rings is 1. The largest absolute Gasteiger partial charge is 0.463 e. The number of anilines is 2. The van der Waals surface area contributed by atoms with Gasteiger partial charge in [-0.05, 0) is 55.8 Å². The van der Waals surface area contributed by atoms with E-state index < -0.39 is 0 Å². The van der Waals surface area contributed by atoms with E-state index in [-0.39, 0.29) is 0 Å². The molecule has 0 saturated carbocycles. The lowest BCUT2D eigenvalue weighted by atomic mass is 10.1. The summed E-state index contributed by atoms with van der Waals surface area (Å²) in [6.07, 6.45) is 11.9. The summed E-state index contributed by atoms with van der Waals surface area (Å²) in [6, 6.07) is 7.35. The second-order valence-corrected chi connectivity index (χ2v) is 8.39. The predicted octanol–water partition coefficient (Wildman–Crippen LogP) is 3.39. The third-order valence-corrected chi connectivity index (χ3v) is 6.41. The first kappa shape index (κ1) is 19.4. The number of hydrogen-bond acceptors (Lipinski definition) is 6. The highest BCUT2D eigenvalue weighted by atomic mass is 16.5. The number of unbranched alkanes of at least 4 members (excludes halogenated alkanes) is 1. The minimum atomic E-state index is 0.473. The molecule has 0 unspecified atom stereocenters. The first-order chi connectivity index (χ1) is 14.9. The van der Waals surface area contributed by atoms with Crippen molar-refractivity contribution in [3.05, 3.63) is 47.2 Å². The minimum absolute atomic E-state index is 0.473. The van der Waals surface area contributed by atoms with Crippen molar-refractivity contribution in [2.24, 2.45) is 0 Å². The molecule has 3 heterocycles. The van der Waals surface area contributed by atoms with Gasteiger partial charge in [-0.15, -0.1) is 0 Å².